The van der Waals surface area contributed by atoms with E-state index in [1.54, 1.807) is 38.4 Å². The minimum absolute atomic E-state index is 0.334. The molecule has 1 unspecified atom stereocenters. The van der Waals surface area contributed by atoms with Gasteiger partial charge in [0.1, 0.15) is 5.75 Å². The molecule has 1 heterocycles. The third kappa shape index (κ3) is 4.94. The summed E-state index contributed by atoms with van der Waals surface area (Å²) in [6.07, 6.45) is 3.60. The summed E-state index contributed by atoms with van der Waals surface area (Å²) in [5.74, 6) is 1.46. The van der Waals surface area contributed by atoms with Gasteiger partial charge in [0.2, 0.25) is 0 Å². The van der Waals surface area contributed by atoms with Crippen molar-refractivity contribution < 1.29 is 19.0 Å². The summed E-state index contributed by atoms with van der Waals surface area (Å²) >= 11 is 0. The molecular formula is C18H22N2O4. The largest absolute Gasteiger partial charge is 0.490 e. The fourth-order valence-corrected chi connectivity index (χ4v) is 1.95. The second-order valence-electron chi connectivity index (χ2n) is 5.13. The van der Waals surface area contributed by atoms with E-state index < -0.39 is 6.10 Å². The van der Waals surface area contributed by atoms with Gasteiger partial charge >= 0.3 is 5.97 Å². The molecule has 0 aliphatic carbocycles. The highest BCUT2D eigenvalue weighted by Crippen LogP contribution is 2.21. The maximum Gasteiger partial charge on any atom is 0.347 e. The fraction of sp³-hybridized carbons (Fsp3) is 0.389. The highest BCUT2D eigenvalue weighted by Gasteiger charge is 2.15. The van der Waals surface area contributed by atoms with Gasteiger partial charge in [0.05, 0.1) is 25.6 Å². The average molecular weight is 330 g/mol. The molecule has 128 valence electrons. The molecule has 0 N–H and O–H groups in total. The molecule has 0 radical (unpaired) electrons. The number of hydrogen-bond acceptors (Lipinski definition) is 6. The minimum Gasteiger partial charge on any atom is -0.490 e. The first kappa shape index (κ1) is 17.7. The molecule has 6 nitrogen and oxygen atoms in total. The van der Waals surface area contributed by atoms with E-state index >= 15 is 0 Å². The van der Waals surface area contributed by atoms with Crippen LogP contribution in [0, 0.1) is 0 Å². The second kappa shape index (κ2) is 8.86. The van der Waals surface area contributed by atoms with E-state index in [1.165, 1.54) is 0 Å². The van der Waals surface area contributed by atoms with E-state index in [0.29, 0.717) is 30.5 Å². The predicted octanol–water partition coefficient (Wildman–Crippen LogP) is 3.26. The Bertz CT molecular complexity index is 641. The standard InChI is InChI=1S/C18H22N2O4/c1-4-10-23-16-11-19-17(20-12-16)14-6-8-15(9-7-14)24-13(3)18(21)22-5-2/h6-9,11-13H,4-5,10H2,1-3H3. The third-order valence-corrected chi connectivity index (χ3v) is 3.14. The molecule has 6 heteroatoms. The maximum atomic E-state index is 11.6. The summed E-state index contributed by atoms with van der Waals surface area (Å²) in [6.45, 7) is 6.44. The van der Waals surface area contributed by atoms with E-state index in [1.807, 2.05) is 19.1 Å². The van der Waals surface area contributed by atoms with Crippen molar-refractivity contribution in [1.29, 1.82) is 0 Å². The van der Waals surface area contributed by atoms with E-state index in [-0.39, 0.29) is 5.97 Å². The first-order valence-corrected chi connectivity index (χ1v) is 8.02. The van der Waals surface area contributed by atoms with Crippen molar-refractivity contribution in [2.24, 2.45) is 0 Å². The predicted molar refractivity (Wildman–Crippen MR) is 90.0 cm³/mol. The van der Waals surface area contributed by atoms with Crippen LogP contribution in [0.4, 0.5) is 0 Å². The van der Waals surface area contributed by atoms with Crippen LogP contribution in [0.25, 0.3) is 11.4 Å². The summed E-state index contributed by atoms with van der Waals surface area (Å²) in [5, 5.41) is 0. The van der Waals surface area contributed by atoms with Gasteiger partial charge in [-0.15, -0.1) is 0 Å². The highest BCUT2D eigenvalue weighted by atomic mass is 16.6. The lowest BCUT2D eigenvalue weighted by Gasteiger charge is -2.13. The Labute approximate surface area is 141 Å². The molecule has 2 rings (SSSR count). The van der Waals surface area contributed by atoms with Gasteiger partial charge in [0.15, 0.2) is 17.7 Å². The fourth-order valence-electron chi connectivity index (χ4n) is 1.95. The highest BCUT2D eigenvalue weighted by molar-refractivity contribution is 5.74. The third-order valence-electron chi connectivity index (χ3n) is 3.14. The lowest BCUT2D eigenvalue weighted by atomic mass is 10.2. The van der Waals surface area contributed by atoms with Crippen LogP contribution < -0.4 is 9.47 Å². The first-order chi connectivity index (χ1) is 11.6. The van der Waals surface area contributed by atoms with E-state index in [0.717, 1.165) is 12.0 Å². The molecule has 0 saturated heterocycles. The van der Waals surface area contributed by atoms with Crippen molar-refractivity contribution >= 4 is 5.97 Å². The van der Waals surface area contributed by atoms with Gasteiger partial charge in [0.25, 0.3) is 0 Å². The number of ether oxygens (including phenoxy) is 3. The summed E-state index contributed by atoms with van der Waals surface area (Å²) in [6, 6.07) is 7.23. The van der Waals surface area contributed by atoms with Crippen LogP contribution in [-0.4, -0.2) is 35.3 Å². The van der Waals surface area contributed by atoms with Crippen molar-refractivity contribution in [3.05, 3.63) is 36.7 Å². The van der Waals surface area contributed by atoms with Gasteiger partial charge in [-0.3, -0.25) is 0 Å². The second-order valence-corrected chi connectivity index (χ2v) is 5.13. The lowest BCUT2D eigenvalue weighted by Crippen LogP contribution is -2.25. The zero-order valence-corrected chi connectivity index (χ0v) is 14.2. The number of carbonyl (C=O) groups excluding carboxylic acids is 1. The normalized spacial score (nSPS) is 11.6. The number of hydrogen-bond donors (Lipinski definition) is 0. The Morgan fingerprint density at radius 2 is 1.75 bits per heavy atom. The molecule has 0 aliphatic rings. The molecule has 1 aromatic carbocycles. The molecule has 1 atom stereocenters. The van der Waals surface area contributed by atoms with Gasteiger partial charge in [-0.1, -0.05) is 6.92 Å². The zero-order chi connectivity index (χ0) is 17.4. The maximum absolute atomic E-state index is 11.6. The first-order valence-electron chi connectivity index (χ1n) is 8.02. The number of nitrogens with zero attached hydrogens (tertiary/aromatic N) is 2. The zero-order valence-electron chi connectivity index (χ0n) is 14.2. The minimum atomic E-state index is -0.651. The van der Waals surface area contributed by atoms with Crippen LogP contribution in [0.3, 0.4) is 0 Å². The van der Waals surface area contributed by atoms with Crippen LogP contribution in [0.2, 0.25) is 0 Å². The van der Waals surface area contributed by atoms with Gasteiger partial charge in [0, 0.05) is 5.56 Å². The molecule has 0 fully saturated rings. The Kier molecular flexibility index (Phi) is 6.54. The molecule has 0 saturated carbocycles. The Morgan fingerprint density at radius 1 is 1.08 bits per heavy atom. The molecule has 0 bridgehead atoms. The van der Waals surface area contributed by atoms with Crippen LogP contribution in [-0.2, 0) is 9.53 Å². The number of aromatic nitrogens is 2. The van der Waals surface area contributed by atoms with Gasteiger partial charge < -0.3 is 14.2 Å². The molecular weight excluding hydrogens is 308 g/mol. The molecule has 2 aromatic rings. The number of benzene rings is 1. The molecule has 1 aromatic heterocycles. The van der Waals surface area contributed by atoms with Crippen molar-refractivity contribution in [2.45, 2.75) is 33.3 Å². The van der Waals surface area contributed by atoms with E-state index in [2.05, 4.69) is 9.97 Å². The number of carbonyl (C=O) groups is 1. The molecule has 24 heavy (non-hydrogen) atoms. The summed E-state index contributed by atoms with van der Waals surface area (Å²) in [5.41, 5.74) is 0.855. The smallest absolute Gasteiger partial charge is 0.347 e. The SMILES string of the molecule is CCCOc1cnc(-c2ccc(OC(C)C(=O)OCC)cc2)nc1. The Hall–Kier alpha value is -2.63. The summed E-state index contributed by atoms with van der Waals surface area (Å²) < 4.78 is 15.9. The van der Waals surface area contributed by atoms with Crippen molar-refractivity contribution in [3.63, 3.8) is 0 Å². The quantitative estimate of drug-likeness (QED) is 0.692. The average Bonchev–Trinajstić information content (AvgIpc) is 2.61. The monoisotopic (exact) mass is 330 g/mol. The molecule has 0 spiro atoms. The number of rotatable bonds is 8. The van der Waals surface area contributed by atoms with Crippen molar-refractivity contribution in [1.82, 2.24) is 9.97 Å². The molecule has 0 aliphatic heterocycles. The van der Waals surface area contributed by atoms with Crippen LogP contribution in [0.15, 0.2) is 36.7 Å². The van der Waals surface area contributed by atoms with E-state index in [9.17, 15) is 4.79 Å². The van der Waals surface area contributed by atoms with Gasteiger partial charge in [-0.05, 0) is 44.5 Å². The van der Waals surface area contributed by atoms with Crippen molar-refractivity contribution in [3.8, 4) is 22.9 Å². The van der Waals surface area contributed by atoms with Gasteiger partial charge in [-0.2, -0.15) is 0 Å². The van der Waals surface area contributed by atoms with Crippen LogP contribution in [0.5, 0.6) is 11.5 Å². The van der Waals surface area contributed by atoms with Crippen molar-refractivity contribution in [2.75, 3.05) is 13.2 Å². The summed E-state index contributed by atoms with van der Waals surface area (Å²) in [4.78, 5) is 20.2. The van der Waals surface area contributed by atoms with Crippen LogP contribution >= 0.6 is 0 Å². The number of esters is 1. The lowest BCUT2D eigenvalue weighted by molar-refractivity contribution is -0.150. The van der Waals surface area contributed by atoms with Crippen LogP contribution in [0.1, 0.15) is 27.2 Å². The van der Waals surface area contributed by atoms with E-state index in [4.69, 9.17) is 14.2 Å². The Balaban J connectivity index is 1.99. The Morgan fingerprint density at radius 3 is 2.33 bits per heavy atom. The molecule has 0 amide bonds. The summed E-state index contributed by atoms with van der Waals surface area (Å²) in [7, 11) is 0. The van der Waals surface area contributed by atoms with Gasteiger partial charge in [-0.25, -0.2) is 14.8 Å². The topological polar surface area (TPSA) is 70.5 Å².